The molecule has 3 aliphatic heterocycles. The number of aliphatic imine (C=N–C) groups is 1. The Labute approximate surface area is 183 Å². The number of ether oxygens (including phenoxy) is 2. The molecular formula is C19H31IN4O2S. The normalized spacial score (nSPS) is 26.6. The minimum atomic E-state index is 0. The first-order valence-electron chi connectivity index (χ1n) is 9.80. The third-order valence-electron chi connectivity index (χ3n) is 5.58. The van der Waals surface area contributed by atoms with Crippen molar-refractivity contribution in [1.29, 1.82) is 0 Å². The molecule has 0 aliphatic carbocycles. The van der Waals surface area contributed by atoms with Crippen molar-refractivity contribution in [1.82, 2.24) is 15.1 Å². The summed E-state index contributed by atoms with van der Waals surface area (Å²) in [6.07, 6.45) is 3.88. The van der Waals surface area contributed by atoms with Gasteiger partial charge in [-0.3, -0.25) is 9.89 Å². The number of thiophene rings is 1. The highest BCUT2D eigenvalue weighted by Gasteiger charge is 2.32. The van der Waals surface area contributed by atoms with Crippen LogP contribution in [0.1, 0.15) is 23.3 Å². The van der Waals surface area contributed by atoms with Gasteiger partial charge in [0.05, 0.1) is 12.7 Å². The van der Waals surface area contributed by atoms with Crippen LogP contribution in [-0.4, -0.2) is 81.0 Å². The first-order valence-corrected chi connectivity index (χ1v) is 10.7. The van der Waals surface area contributed by atoms with Crippen molar-refractivity contribution >= 4 is 41.3 Å². The zero-order valence-corrected chi connectivity index (χ0v) is 19.2. The van der Waals surface area contributed by atoms with Crippen LogP contribution < -0.4 is 5.32 Å². The van der Waals surface area contributed by atoms with Crippen molar-refractivity contribution < 1.29 is 9.47 Å². The van der Waals surface area contributed by atoms with E-state index in [0.717, 1.165) is 71.3 Å². The number of rotatable bonds is 4. The number of morpholine rings is 1. The SMILES string of the molecule is CN=C(NCCN1CCc2sccc2C1)N1CCOC(C2CCCO2)C1.I. The van der Waals surface area contributed by atoms with Crippen LogP contribution in [0.15, 0.2) is 16.4 Å². The lowest BCUT2D eigenvalue weighted by Gasteiger charge is -2.37. The van der Waals surface area contributed by atoms with Crippen LogP contribution >= 0.6 is 35.3 Å². The summed E-state index contributed by atoms with van der Waals surface area (Å²) in [6.45, 7) is 7.60. The van der Waals surface area contributed by atoms with Crippen LogP contribution in [0.2, 0.25) is 0 Å². The monoisotopic (exact) mass is 506 g/mol. The molecule has 2 saturated heterocycles. The predicted molar refractivity (Wildman–Crippen MR) is 120 cm³/mol. The number of nitrogens with zero attached hydrogens (tertiary/aromatic N) is 3. The van der Waals surface area contributed by atoms with Gasteiger partial charge in [-0.1, -0.05) is 0 Å². The van der Waals surface area contributed by atoms with Gasteiger partial charge in [0, 0.05) is 57.8 Å². The Balaban J connectivity index is 0.00000210. The molecule has 0 aromatic carbocycles. The molecule has 8 heteroatoms. The Morgan fingerprint density at radius 2 is 2.19 bits per heavy atom. The van der Waals surface area contributed by atoms with Crippen LogP contribution in [0.3, 0.4) is 0 Å². The van der Waals surface area contributed by atoms with Gasteiger partial charge in [-0.15, -0.1) is 35.3 Å². The summed E-state index contributed by atoms with van der Waals surface area (Å²) < 4.78 is 11.8. The topological polar surface area (TPSA) is 49.3 Å². The van der Waals surface area contributed by atoms with Gasteiger partial charge < -0.3 is 19.7 Å². The van der Waals surface area contributed by atoms with Crippen molar-refractivity contribution in [2.75, 3.05) is 53.0 Å². The maximum atomic E-state index is 5.96. The minimum absolute atomic E-state index is 0. The van der Waals surface area contributed by atoms with Gasteiger partial charge in [0.2, 0.25) is 0 Å². The molecular weight excluding hydrogens is 475 g/mol. The number of fused-ring (bicyclic) bond motifs is 1. The second-order valence-corrected chi connectivity index (χ2v) is 8.28. The average Bonchev–Trinajstić information content (AvgIpc) is 3.36. The number of nitrogens with one attached hydrogen (secondary N) is 1. The van der Waals surface area contributed by atoms with Crippen LogP contribution in [0, 0.1) is 0 Å². The van der Waals surface area contributed by atoms with Gasteiger partial charge in [-0.25, -0.2) is 0 Å². The van der Waals surface area contributed by atoms with Crippen molar-refractivity contribution in [3.05, 3.63) is 21.9 Å². The smallest absolute Gasteiger partial charge is 0.193 e. The van der Waals surface area contributed by atoms with Gasteiger partial charge in [0.1, 0.15) is 6.10 Å². The van der Waals surface area contributed by atoms with Gasteiger partial charge >= 0.3 is 0 Å². The molecule has 27 heavy (non-hydrogen) atoms. The number of halogens is 1. The molecule has 0 amide bonds. The average molecular weight is 506 g/mol. The molecule has 1 N–H and O–H groups in total. The first-order chi connectivity index (χ1) is 12.8. The van der Waals surface area contributed by atoms with E-state index in [4.69, 9.17) is 9.47 Å². The third kappa shape index (κ3) is 5.35. The fraction of sp³-hybridized carbons (Fsp3) is 0.737. The van der Waals surface area contributed by atoms with E-state index in [1.165, 1.54) is 12.0 Å². The first kappa shape index (κ1) is 21.3. The standard InChI is InChI=1S/C19H30N4O2S.HI/c1-20-19(23-9-11-25-17(14-23)16-3-2-10-24-16)21-6-8-22-7-4-18-15(13-22)5-12-26-18;/h5,12,16-17H,2-4,6-11,13-14H2,1H3,(H,20,21);1H. The molecule has 0 saturated carbocycles. The quantitative estimate of drug-likeness (QED) is 0.386. The fourth-order valence-corrected chi connectivity index (χ4v) is 5.03. The fourth-order valence-electron chi connectivity index (χ4n) is 4.14. The second-order valence-electron chi connectivity index (χ2n) is 7.28. The highest BCUT2D eigenvalue weighted by atomic mass is 127. The molecule has 4 rings (SSSR count). The lowest BCUT2D eigenvalue weighted by Crippen LogP contribution is -2.54. The Bertz CT molecular complexity index is 621. The lowest BCUT2D eigenvalue weighted by atomic mass is 10.1. The minimum Gasteiger partial charge on any atom is -0.375 e. The number of hydrogen-bond acceptors (Lipinski definition) is 5. The Morgan fingerprint density at radius 3 is 3.00 bits per heavy atom. The highest BCUT2D eigenvalue weighted by molar-refractivity contribution is 14.0. The largest absolute Gasteiger partial charge is 0.375 e. The molecule has 6 nitrogen and oxygen atoms in total. The van der Waals surface area contributed by atoms with Crippen molar-refractivity contribution in [2.24, 2.45) is 4.99 Å². The van der Waals surface area contributed by atoms with E-state index < -0.39 is 0 Å². The Hall–Kier alpha value is -0.420. The van der Waals surface area contributed by atoms with E-state index in [-0.39, 0.29) is 36.2 Å². The predicted octanol–water partition coefficient (Wildman–Crippen LogP) is 2.18. The molecule has 1 aromatic rings. The van der Waals surface area contributed by atoms with Crippen molar-refractivity contribution in [3.63, 3.8) is 0 Å². The summed E-state index contributed by atoms with van der Waals surface area (Å²) in [4.78, 5) is 10.9. The summed E-state index contributed by atoms with van der Waals surface area (Å²) in [5.41, 5.74) is 1.51. The zero-order chi connectivity index (χ0) is 17.8. The van der Waals surface area contributed by atoms with E-state index in [0.29, 0.717) is 0 Å². The van der Waals surface area contributed by atoms with E-state index in [1.807, 2.05) is 18.4 Å². The summed E-state index contributed by atoms with van der Waals surface area (Å²) in [5, 5.41) is 5.78. The van der Waals surface area contributed by atoms with E-state index >= 15 is 0 Å². The molecule has 152 valence electrons. The molecule has 3 aliphatic rings. The summed E-state index contributed by atoms with van der Waals surface area (Å²) in [5.74, 6) is 0.990. The third-order valence-corrected chi connectivity index (χ3v) is 6.61. The number of hydrogen-bond donors (Lipinski definition) is 1. The van der Waals surface area contributed by atoms with Crippen LogP contribution in [0.4, 0.5) is 0 Å². The van der Waals surface area contributed by atoms with Crippen molar-refractivity contribution in [2.45, 2.75) is 38.0 Å². The maximum Gasteiger partial charge on any atom is 0.193 e. The van der Waals surface area contributed by atoms with E-state index in [9.17, 15) is 0 Å². The Morgan fingerprint density at radius 1 is 1.30 bits per heavy atom. The maximum absolute atomic E-state index is 5.96. The molecule has 0 radical (unpaired) electrons. The number of guanidine groups is 1. The van der Waals surface area contributed by atoms with Crippen LogP contribution in [0.25, 0.3) is 0 Å². The molecule has 2 atom stereocenters. The summed E-state index contributed by atoms with van der Waals surface area (Å²) >= 11 is 1.90. The van der Waals surface area contributed by atoms with Crippen LogP contribution in [-0.2, 0) is 22.4 Å². The Kier molecular flexibility index (Phi) is 8.19. The summed E-state index contributed by atoms with van der Waals surface area (Å²) in [7, 11) is 1.87. The van der Waals surface area contributed by atoms with Gasteiger partial charge in [0.15, 0.2) is 5.96 Å². The zero-order valence-electron chi connectivity index (χ0n) is 16.1. The van der Waals surface area contributed by atoms with Crippen LogP contribution in [0.5, 0.6) is 0 Å². The van der Waals surface area contributed by atoms with E-state index in [1.54, 1.807) is 4.88 Å². The highest BCUT2D eigenvalue weighted by Crippen LogP contribution is 2.23. The van der Waals surface area contributed by atoms with Gasteiger partial charge in [-0.2, -0.15) is 0 Å². The molecule has 0 spiro atoms. The molecule has 0 bridgehead atoms. The molecule has 2 unspecified atom stereocenters. The molecule has 4 heterocycles. The van der Waals surface area contributed by atoms with E-state index in [2.05, 4.69) is 31.6 Å². The molecule has 2 fully saturated rings. The van der Waals surface area contributed by atoms with Gasteiger partial charge in [-0.05, 0) is 36.3 Å². The van der Waals surface area contributed by atoms with Gasteiger partial charge in [0.25, 0.3) is 0 Å². The second kappa shape index (κ2) is 10.4. The molecule has 1 aromatic heterocycles. The van der Waals surface area contributed by atoms with Crippen molar-refractivity contribution in [3.8, 4) is 0 Å². The lowest BCUT2D eigenvalue weighted by molar-refractivity contribution is -0.0817. The summed E-state index contributed by atoms with van der Waals surface area (Å²) in [6, 6.07) is 2.28.